The first kappa shape index (κ1) is 15.2. The summed E-state index contributed by atoms with van der Waals surface area (Å²) in [6.07, 6.45) is 4.23. The lowest BCUT2D eigenvalue weighted by Crippen LogP contribution is -2.41. The third kappa shape index (κ3) is 3.90. The van der Waals surface area contributed by atoms with E-state index in [9.17, 15) is 9.90 Å². The number of nitrogens with one attached hydrogen (secondary N) is 1. The molecule has 0 unspecified atom stereocenters. The Morgan fingerprint density at radius 3 is 2.45 bits per heavy atom. The smallest absolute Gasteiger partial charge is 0.306 e. The van der Waals surface area contributed by atoms with Gasteiger partial charge in [-0.1, -0.05) is 0 Å². The Labute approximate surface area is 123 Å². The van der Waals surface area contributed by atoms with Gasteiger partial charge in [0.05, 0.1) is 11.5 Å². The number of aliphatic carboxylic acids is 1. The van der Waals surface area contributed by atoms with Crippen LogP contribution >= 0.6 is 11.8 Å². The van der Waals surface area contributed by atoms with Gasteiger partial charge in [-0.25, -0.2) is 0 Å². The zero-order valence-corrected chi connectivity index (χ0v) is 12.4. The minimum Gasteiger partial charge on any atom is -0.481 e. The lowest BCUT2D eigenvalue weighted by Gasteiger charge is -2.35. The molecular formula is C15H21NO3S. The molecule has 0 radical (unpaired) electrons. The Morgan fingerprint density at radius 2 is 1.95 bits per heavy atom. The summed E-state index contributed by atoms with van der Waals surface area (Å²) in [6, 6.07) is 8.08. The third-order valence-corrected chi connectivity index (χ3v) is 4.72. The first-order chi connectivity index (χ1) is 9.52. The third-order valence-electron chi connectivity index (χ3n) is 3.98. The number of aliphatic hydroxyl groups is 1. The molecule has 1 saturated carbocycles. The minimum atomic E-state index is -0.788. The highest BCUT2D eigenvalue weighted by Crippen LogP contribution is 2.32. The molecule has 1 fully saturated rings. The van der Waals surface area contributed by atoms with Crippen LogP contribution in [0.2, 0.25) is 0 Å². The van der Waals surface area contributed by atoms with E-state index < -0.39 is 11.6 Å². The summed E-state index contributed by atoms with van der Waals surface area (Å²) in [5, 5.41) is 22.7. The number of benzene rings is 1. The summed E-state index contributed by atoms with van der Waals surface area (Å²) in [5.41, 5.74) is 0.195. The molecule has 110 valence electrons. The Balaban J connectivity index is 1.85. The summed E-state index contributed by atoms with van der Waals surface area (Å²) in [7, 11) is 0. The molecule has 0 aromatic heterocycles. The summed E-state index contributed by atoms with van der Waals surface area (Å²) in [4.78, 5) is 12.1. The van der Waals surface area contributed by atoms with Crippen LogP contribution in [0.5, 0.6) is 0 Å². The molecule has 1 aliphatic rings. The SMILES string of the molecule is CSc1ccc(NCC2(O)CCC(C(=O)O)CC2)cc1. The number of carboxylic acid groups (broad SMARTS) is 1. The van der Waals surface area contributed by atoms with Crippen molar-refractivity contribution >= 4 is 23.4 Å². The highest BCUT2D eigenvalue weighted by molar-refractivity contribution is 7.98. The summed E-state index contributed by atoms with van der Waals surface area (Å²) in [5.74, 6) is -1.04. The largest absolute Gasteiger partial charge is 0.481 e. The van der Waals surface area contributed by atoms with Gasteiger partial charge in [-0.15, -0.1) is 11.8 Å². The molecule has 20 heavy (non-hydrogen) atoms. The van der Waals surface area contributed by atoms with Gasteiger partial charge in [0.25, 0.3) is 0 Å². The van der Waals surface area contributed by atoms with Crippen molar-refractivity contribution in [3.63, 3.8) is 0 Å². The molecule has 1 aromatic carbocycles. The van der Waals surface area contributed by atoms with E-state index in [-0.39, 0.29) is 5.92 Å². The van der Waals surface area contributed by atoms with Crippen molar-refractivity contribution in [3.8, 4) is 0 Å². The average Bonchev–Trinajstić information content (AvgIpc) is 2.46. The van der Waals surface area contributed by atoms with Gasteiger partial charge in [-0.2, -0.15) is 0 Å². The van der Waals surface area contributed by atoms with Gasteiger partial charge in [0, 0.05) is 17.1 Å². The number of hydrogen-bond acceptors (Lipinski definition) is 4. The van der Waals surface area contributed by atoms with Crippen LogP contribution in [0.4, 0.5) is 5.69 Å². The van der Waals surface area contributed by atoms with Crippen molar-refractivity contribution in [2.75, 3.05) is 18.1 Å². The summed E-state index contributed by atoms with van der Waals surface area (Å²) in [6.45, 7) is 0.470. The van der Waals surface area contributed by atoms with Crippen molar-refractivity contribution in [3.05, 3.63) is 24.3 Å². The first-order valence-corrected chi connectivity index (χ1v) is 8.08. The van der Waals surface area contributed by atoms with E-state index in [0.717, 1.165) is 5.69 Å². The van der Waals surface area contributed by atoms with Crippen molar-refractivity contribution < 1.29 is 15.0 Å². The number of rotatable bonds is 5. The Bertz CT molecular complexity index is 453. The molecule has 0 saturated heterocycles. The van der Waals surface area contributed by atoms with Gasteiger partial charge in [0.15, 0.2) is 0 Å². The van der Waals surface area contributed by atoms with Crippen LogP contribution in [0.1, 0.15) is 25.7 Å². The number of anilines is 1. The fourth-order valence-electron chi connectivity index (χ4n) is 2.55. The van der Waals surface area contributed by atoms with E-state index in [2.05, 4.69) is 5.32 Å². The maximum atomic E-state index is 10.9. The Morgan fingerprint density at radius 1 is 1.35 bits per heavy atom. The molecule has 1 aromatic rings. The van der Waals surface area contributed by atoms with Crippen molar-refractivity contribution in [1.82, 2.24) is 0 Å². The second-order valence-corrected chi connectivity index (χ2v) is 6.30. The predicted octanol–water partition coefficient (Wildman–Crippen LogP) is 2.83. The van der Waals surface area contributed by atoms with Crippen LogP contribution < -0.4 is 5.32 Å². The minimum absolute atomic E-state index is 0.295. The van der Waals surface area contributed by atoms with E-state index in [1.165, 1.54) is 4.90 Å². The van der Waals surface area contributed by atoms with Gasteiger partial charge in [0.1, 0.15) is 0 Å². The van der Waals surface area contributed by atoms with Gasteiger partial charge in [0.2, 0.25) is 0 Å². The maximum Gasteiger partial charge on any atom is 0.306 e. The van der Waals surface area contributed by atoms with Crippen LogP contribution in [0.25, 0.3) is 0 Å². The molecular weight excluding hydrogens is 274 g/mol. The number of carbonyl (C=O) groups is 1. The molecule has 1 aliphatic carbocycles. The molecule has 0 spiro atoms. The fourth-order valence-corrected chi connectivity index (χ4v) is 2.96. The second kappa shape index (κ2) is 6.50. The van der Waals surface area contributed by atoms with E-state index >= 15 is 0 Å². The Hall–Kier alpha value is -1.20. The zero-order chi connectivity index (χ0) is 14.6. The van der Waals surface area contributed by atoms with Crippen LogP contribution in [0.3, 0.4) is 0 Å². The molecule has 0 atom stereocenters. The molecule has 0 aliphatic heterocycles. The van der Waals surface area contributed by atoms with Crippen LogP contribution in [0.15, 0.2) is 29.2 Å². The lowest BCUT2D eigenvalue weighted by atomic mass is 9.79. The summed E-state index contributed by atoms with van der Waals surface area (Å²) < 4.78 is 0. The summed E-state index contributed by atoms with van der Waals surface area (Å²) >= 11 is 1.69. The fraction of sp³-hybridized carbons (Fsp3) is 0.533. The average molecular weight is 295 g/mol. The normalized spacial score (nSPS) is 26.2. The Kier molecular flexibility index (Phi) is 4.94. The van der Waals surface area contributed by atoms with E-state index in [1.807, 2.05) is 30.5 Å². The molecule has 3 N–H and O–H groups in total. The van der Waals surface area contributed by atoms with Crippen molar-refractivity contribution in [2.45, 2.75) is 36.2 Å². The van der Waals surface area contributed by atoms with Gasteiger partial charge < -0.3 is 15.5 Å². The van der Waals surface area contributed by atoms with Crippen molar-refractivity contribution in [1.29, 1.82) is 0 Å². The molecule has 0 bridgehead atoms. The van der Waals surface area contributed by atoms with Crippen LogP contribution in [-0.2, 0) is 4.79 Å². The second-order valence-electron chi connectivity index (χ2n) is 5.42. The highest BCUT2D eigenvalue weighted by Gasteiger charge is 2.35. The van der Waals surface area contributed by atoms with Gasteiger partial charge in [-0.05, 0) is 56.2 Å². The number of thioether (sulfide) groups is 1. The molecule has 5 heteroatoms. The maximum absolute atomic E-state index is 10.9. The quantitative estimate of drug-likeness (QED) is 0.729. The molecule has 0 amide bonds. The topological polar surface area (TPSA) is 69.6 Å². The van der Waals surface area contributed by atoms with Crippen LogP contribution in [-0.4, -0.2) is 34.6 Å². The van der Waals surface area contributed by atoms with Crippen LogP contribution in [0, 0.1) is 5.92 Å². The molecule has 2 rings (SSSR count). The lowest BCUT2D eigenvalue weighted by molar-refractivity contribution is -0.144. The van der Waals surface area contributed by atoms with Gasteiger partial charge in [-0.3, -0.25) is 4.79 Å². The van der Waals surface area contributed by atoms with Gasteiger partial charge >= 0.3 is 5.97 Å². The number of carboxylic acids is 1. The first-order valence-electron chi connectivity index (χ1n) is 6.85. The molecule has 4 nitrogen and oxygen atoms in total. The van der Waals surface area contributed by atoms with E-state index in [4.69, 9.17) is 5.11 Å². The monoisotopic (exact) mass is 295 g/mol. The highest BCUT2D eigenvalue weighted by atomic mass is 32.2. The number of hydrogen-bond donors (Lipinski definition) is 3. The molecule has 0 heterocycles. The van der Waals surface area contributed by atoms with E-state index in [0.29, 0.717) is 32.2 Å². The standard InChI is InChI=1S/C15H21NO3S/c1-20-13-4-2-12(3-5-13)16-10-15(19)8-6-11(7-9-15)14(17)18/h2-5,11,16,19H,6-10H2,1H3,(H,17,18). The predicted molar refractivity (Wildman–Crippen MR) is 81.3 cm³/mol. The zero-order valence-electron chi connectivity index (χ0n) is 11.6. The van der Waals surface area contributed by atoms with Crippen molar-refractivity contribution in [2.24, 2.45) is 5.92 Å². The van der Waals surface area contributed by atoms with E-state index in [1.54, 1.807) is 11.8 Å².